The monoisotopic (exact) mass is 420 g/mol. The summed E-state index contributed by atoms with van der Waals surface area (Å²) in [6.45, 7) is 3.78. The van der Waals surface area contributed by atoms with Crippen molar-refractivity contribution in [2.24, 2.45) is 0 Å². The van der Waals surface area contributed by atoms with E-state index in [1.165, 1.54) is 16.2 Å². The zero-order chi connectivity index (χ0) is 21.4. The van der Waals surface area contributed by atoms with E-state index in [4.69, 9.17) is 4.74 Å². The molecule has 1 N–H and O–H groups in total. The first kappa shape index (κ1) is 19.8. The second-order valence-corrected chi connectivity index (χ2v) is 8.13. The van der Waals surface area contributed by atoms with E-state index in [-0.39, 0.29) is 11.3 Å². The molecule has 1 aliphatic rings. The third kappa shape index (κ3) is 3.27. The van der Waals surface area contributed by atoms with Gasteiger partial charge < -0.3 is 9.84 Å². The van der Waals surface area contributed by atoms with Gasteiger partial charge in [0, 0.05) is 10.4 Å². The lowest BCUT2D eigenvalue weighted by Gasteiger charge is -2.23. The molecular weight excluding hydrogens is 400 g/mol. The van der Waals surface area contributed by atoms with Gasteiger partial charge in [-0.15, -0.1) is 11.3 Å². The van der Waals surface area contributed by atoms with E-state index in [0.717, 1.165) is 16.1 Å². The molecule has 30 heavy (non-hydrogen) atoms. The van der Waals surface area contributed by atoms with Gasteiger partial charge in [-0.05, 0) is 43.7 Å². The van der Waals surface area contributed by atoms with E-state index in [9.17, 15) is 14.7 Å². The highest BCUT2D eigenvalue weighted by atomic mass is 32.1. The summed E-state index contributed by atoms with van der Waals surface area (Å²) in [6, 6.07) is 15.1. The molecule has 152 valence electrons. The predicted molar refractivity (Wildman–Crippen MR) is 116 cm³/mol. The Labute approximate surface area is 178 Å². The molecule has 1 aliphatic heterocycles. The number of carbonyl (C=O) groups is 2. The van der Waals surface area contributed by atoms with Crippen LogP contribution < -0.4 is 9.64 Å². The van der Waals surface area contributed by atoms with Crippen molar-refractivity contribution >= 4 is 33.9 Å². The Kier molecular flexibility index (Phi) is 5.13. The van der Waals surface area contributed by atoms with E-state index < -0.39 is 17.7 Å². The third-order valence-electron chi connectivity index (χ3n) is 5.15. The number of carbonyl (C=O) groups excluding carboxylic acids is 2. The standard InChI is InChI=1S/C23H20N2O4S/c1-13-14(2)30-23(24-13)25-19(15-7-5-4-6-8-15)18(21(27)22(25)28)20(26)16-9-11-17(29-3)12-10-16/h4-12,19,26H,1-3H3/t19-/m0/s1. The number of hydrogen-bond acceptors (Lipinski definition) is 6. The minimum absolute atomic E-state index is 0.0434. The quantitative estimate of drug-likeness (QED) is 0.385. The maximum absolute atomic E-state index is 13.0. The minimum atomic E-state index is -0.766. The van der Waals surface area contributed by atoms with E-state index in [2.05, 4.69) is 4.98 Å². The van der Waals surface area contributed by atoms with Gasteiger partial charge in [0.1, 0.15) is 11.5 Å². The van der Waals surface area contributed by atoms with Crippen LogP contribution in [0.5, 0.6) is 5.75 Å². The fourth-order valence-corrected chi connectivity index (χ4v) is 4.38. The van der Waals surface area contributed by atoms with Gasteiger partial charge in [0.2, 0.25) is 0 Å². The lowest BCUT2D eigenvalue weighted by Crippen LogP contribution is -2.29. The number of aliphatic hydroxyl groups is 1. The molecule has 7 heteroatoms. The molecule has 4 rings (SSSR count). The first-order valence-corrected chi connectivity index (χ1v) is 10.2. The first-order chi connectivity index (χ1) is 14.4. The Morgan fingerprint density at radius 2 is 1.73 bits per heavy atom. The molecule has 1 atom stereocenters. The summed E-state index contributed by atoms with van der Waals surface area (Å²) < 4.78 is 5.16. The van der Waals surface area contributed by atoms with Crippen molar-refractivity contribution in [3.63, 3.8) is 0 Å². The van der Waals surface area contributed by atoms with Gasteiger partial charge in [-0.3, -0.25) is 14.5 Å². The molecular formula is C23H20N2O4S. The highest BCUT2D eigenvalue weighted by molar-refractivity contribution is 7.16. The SMILES string of the molecule is COc1ccc(C(O)=C2C(=O)C(=O)N(c3nc(C)c(C)s3)[C@H]2c2ccccc2)cc1. The van der Waals surface area contributed by atoms with E-state index >= 15 is 0 Å². The normalized spacial score (nSPS) is 18.1. The number of aliphatic hydroxyl groups excluding tert-OH is 1. The highest BCUT2D eigenvalue weighted by Gasteiger charge is 2.48. The maximum atomic E-state index is 13.0. The Morgan fingerprint density at radius 1 is 1.07 bits per heavy atom. The zero-order valence-electron chi connectivity index (χ0n) is 16.7. The molecule has 3 aromatic rings. The molecule has 2 aromatic carbocycles. The average molecular weight is 420 g/mol. The molecule has 1 amide bonds. The molecule has 0 aliphatic carbocycles. The summed E-state index contributed by atoms with van der Waals surface area (Å²) in [5, 5.41) is 11.5. The fraction of sp³-hybridized carbons (Fsp3) is 0.174. The molecule has 1 aromatic heterocycles. The van der Waals surface area contributed by atoms with Gasteiger partial charge in [-0.2, -0.15) is 0 Å². The number of hydrogen-bond donors (Lipinski definition) is 1. The lowest BCUT2D eigenvalue weighted by atomic mass is 9.95. The Hall–Kier alpha value is -3.45. The third-order valence-corrected chi connectivity index (χ3v) is 6.22. The summed E-state index contributed by atoms with van der Waals surface area (Å²) in [7, 11) is 1.55. The van der Waals surface area contributed by atoms with Gasteiger partial charge >= 0.3 is 5.91 Å². The van der Waals surface area contributed by atoms with Crippen LogP contribution in [0, 0.1) is 13.8 Å². The number of thiazole rings is 1. The summed E-state index contributed by atoms with van der Waals surface area (Å²) in [4.78, 5) is 32.9. The second-order valence-electron chi connectivity index (χ2n) is 6.95. The second kappa shape index (κ2) is 7.76. The van der Waals surface area contributed by atoms with Crippen LogP contribution >= 0.6 is 11.3 Å². The maximum Gasteiger partial charge on any atom is 0.301 e. The lowest BCUT2D eigenvalue weighted by molar-refractivity contribution is -0.132. The van der Waals surface area contributed by atoms with Crippen LogP contribution in [0.2, 0.25) is 0 Å². The number of ether oxygens (including phenoxy) is 1. The summed E-state index contributed by atoms with van der Waals surface area (Å²) in [5.74, 6) is -1.03. The smallest absolute Gasteiger partial charge is 0.301 e. The number of ketones is 1. The molecule has 1 saturated heterocycles. The number of nitrogens with zero attached hydrogens (tertiary/aromatic N) is 2. The van der Waals surface area contributed by atoms with Crippen LogP contribution in [-0.4, -0.2) is 28.9 Å². The molecule has 0 spiro atoms. The van der Waals surface area contributed by atoms with Crippen molar-refractivity contribution in [1.82, 2.24) is 4.98 Å². The number of rotatable bonds is 4. The van der Waals surface area contributed by atoms with Gasteiger partial charge in [0.15, 0.2) is 5.13 Å². The summed E-state index contributed by atoms with van der Waals surface area (Å²) in [5.41, 5.74) is 2.00. The van der Waals surface area contributed by atoms with E-state index in [1.807, 2.05) is 44.2 Å². The van der Waals surface area contributed by atoms with Crippen LogP contribution in [0.25, 0.3) is 5.76 Å². The summed E-state index contributed by atoms with van der Waals surface area (Å²) >= 11 is 1.35. The van der Waals surface area contributed by atoms with Crippen LogP contribution in [0.4, 0.5) is 5.13 Å². The average Bonchev–Trinajstić information content (AvgIpc) is 3.24. The predicted octanol–water partition coefficient (Wildman–Crippen LogP) is 4.39. The van der Waals surface area contributed by atoms with Crippen molar-refractivity contribution in [3.8, 4) is 5.75 Å². The number of benzene rings is 2. The van der Waals surface area contributed by atoms with Crippen LogP contribution in [-0.2, 0) is 9.59 Å². The Bertz CT molecular complexity index is 1130. The van der Waals surface area contributed by atoms with Crippen molar-refractivity contribution < 1.29 is 19.4 Å². The Morgan fingerprint density at radius 3 is 2.30 bits per heavy atom. The van der Waals surface area contributed by atoms with Gasteiger partial charge in [0.25, 0.3) is 5.78 Å². The summed E-state index contributed by atoms with van der Waals surface area (Å²) in [6.07, 6.45) is 0. The van der Waals surface area contributed by atoms with Crippen molar-refractivity contribution in [2.45, 2.75) is 19.9 Å². The molecule has 1 fully saturated rings. The highest BCUT2D eigenvalue weighted by Crippen LogP contribution is 2.43. The molecule has 0 radical (unpaired) electrons. The largest absolute Gasteiger partial charge is 0.507 e. The number of Topliss-reactive ketones (excluding diaryl/α,β-unsaturated/α-hetero) is 1. The number of aromatic nitrogens is 1. The van der Waals surface area contributed by atoms with Gasteiger partial charge in [-0.1, -0.05) is 30.3 Å². The van der Waals surface area contributed by atoms with Crippen molar-refractivity contribution in [1.29, 1.82) is 0 Å². The molecule has 6 nitrogen and oxygen atoms in total. The van der Waals surface area contributed by atoms with Gasteiger partial charge in [0.05, 0.1) is 24.4 Å². The molecule has 0 bridgehead atoms. The number of anilines is 1. The van der Waals surface area contributed by atoms with Crippen LogP contribution in [0.15, 0.2) is 60.2 Å². The van der Waals surface area contributed by atoms with E-state index in [1.54, 1.807) is 31.4 Å². The van der Waals surface area contributed by atoms with Crippen LogP contribution in [0.1, 0.15) is 27.7 Å². The van der Waals surface area contributed by atoms with Crippen molar-refractivity contribution in [3.05, 3.63) is 81.9 Å². The number of methoxy groups -OCH3 is 1. The molecule has 0 saturated carbocycles. The van der Waals surface area contributed by atoms with Crippen molar-refractivity contribution in [2.75, 3.05) is 12.0 Å². The van der Waals surface area contributed by atoms with Crippen LogP contribution in [0.3, 0.4) is 0 Å². The first-order valence-electron chi connectivity index (χ1n) is 9.36. The number of aryl methyl sites for hydroxylation is 2. The topological polar surface area (TPSA) is 79.7 Å². The van der Waals surface area contributed by atoms with Gasteiger partial charge in [-0.25, -0.2) is 4.98 Å². The zero-order valence-corrected chi connectivity index (χ0v) is 17.6. The molecule has 0 unspecified atom stereocenters. The molecule has 2 heterocycles. The van der Waals surface area contributed by atoms with E-state index in [0.29, 0.717) is 16.4 Å². The fourth-order valence-electron chi connectivity index (χ4n) is 3.44. The number of amides is 1. The Balaban J connectivity index is 1.91. The minimum Gasteiger partial charge on any atom is -0.507 e.